The number of fused-ring (bicyclic) bond motifs is 1. The van der Waals surface area contributed by atoms with Crippen LogP contribution in [0.1, 0.15) is 12.5 Å². The van der Waals surface area contributed by atoms with Gasteiger partial charge < -0.3 is 19.5 Å². The van der Waals surface area contributed by atoms with E-state index in [-0.39, 0.29) is 24.5 Å². The molecule has 7 nitrogen and oxygen atoms in total. The SMILES string of the molecule is CCN1C(=O)C(F)(F)c2cc(N3CC(C(=O)[O-])OC3=O)ccc21. The molecule has 1 unspecified atom stereocenters. The van der Waals surface area contributed by atoms with Gasteiger partial charge in [-0.1, -0.05) is 0 Å². The number of aliphatic carboxylic acids is 1. The van der Waals surface area contributed by atoms with Crippen molar-refractivity contribution in [3.05, 3.63) is 23.8 Å². The number of carboxylic acid groups (broad SMARTS) is 1. The lowest BCUT2D eigenvalue weighted by Gasteiger charge is -2.16. The first-order valence-electron chi connectivity index (χ1n) is 6.80. The van der Waals surface area contributed by atoms with Gasteiger partial charge in [-0.3, -0.25) is 9.69 Å². The zero-order valence-corrected chi connectivity index (χ0v) is 11.9. The molecule has 0 bridgehead atoms. The quantitative estimate of drug-likeness (QED) is 0.793. The van der Waals surface area contributed by atoms with Crippen LogP contribution in [0.5, 0.6) is 0 Å². The average molecular weight is 325 g/mol. The predicted octanol–water partition coefficient (Wildman–Crippen LogP) is 0.220. The molecule has 3 rings (SSSR count). The van der Waals surface area contributed by atoms with Gasteiger partial charge in [0.1, 0.15) is 0 Å². The van der Waals surface area contributed by atoms with Crippen LogP contribution in [0.3, 0.4) is 0 Å². The van der Waals surface area contributed by atoms with Gasteiger partial charge in [0.2, 0.25) is 0 Å². The molecule has 1 saturated heterocycles. The van der Waals surface area contributed by atoms with E-state index in [1.54, 1.807) is 6.92 Å². The first kappa shape index (κ1) is 15.2. The van der Waals surface area contributed by atoms with E-state index in [0.29, 0.717) is 0 Å². The maximum atomic E-state index is 14.1. The highest BCUT2D eigenvalue weighted by molar-refractivity contribution is 6.06. The molecule has 1 fully saturated rings. The Hall–Kier alpha value is -2.71. The Balaban J connectivity index is 2.00. The van der Waals surface area contributed by atoms with Crippen LogP contribution in [0.4, 0.5) is 25.0 Å². The highest BCUT2D eigenvalue weighted by Crippen LogP contribution is 2.45. The van der Waals surface area contributed by atoms with E-state index >= 15 is 0 Å². The van der Waals surface area contributed by atoms with Crippen molar-refractivity contribution in [2.24, 2.45) is 0 Å². The molecule has 2 aliphatic heterocycles. The van der Waals surface area contributed by atoms with Gasteiger partial charge in [-0.15, -0.1) is 0 Å². The van der Waals surface area contributed by atoms with Gasteiger partial charge in [0.05, 0.1) is 23.8 Å². The van der Waals surface area contributed by atoms with Gasteiger partial charge in [-0.25, -0.2) is 4.79 Å². The molecular weight excluding hydrogens is 314 g/mol. The number of likely N-dealkylation sites (N-methyl/N-ethyl adjacent to an activating group) is 1. The molecule has 23 heavy (non-hydrogen) atoms. The topological polar surface area (TPSA) is 90.0 Å². The number of halogens is 2. The Kier molecular flexibility index (Phi) is 3.24. The van der Waals surface area contributed by atoms with E-state index in [9.17, 15) is 28.3 Å². The molecular formula is C14H11F2N2O5-. The molecule has 0 radical (unpaired) electrons. The Morgan fingerprint density at radius 2 is 2.13 bits per heavy atom. The smallest absolute Gasteiger partial charge is 0.415 e. The third kappa shape index (κ3) is 2.11. The van der Waals surface area contributed by atoms with Crippen LogP contribution >= 0.6 is 0 Å². The molecule has 0 spiro atoms. The van der Waals surface area contributed by atoms with Crippen molar-refractivity contribution in [2.75, 3.05) is 22.9 Å². The van der Waals surface area contributed by atoms with Crippen LogP contribution in [0.2, 0.25) is 0 Å². The molecule has 1 aromatic rings. The van der Waals surface area contributed by atoms with Gasteiger partial charge in [0, 0.05) is 12.2 Å². The maximum absolute atomic E-state index is 14.1. The fraction of sp³-hybridized carbons (Fsp3) is 0.357. The van der Waals surface area contributed by atoms with Crippen molar-refractivity contribution in [1.82, 2.24) is 0 Å². The van der Waals surface area contributed by atoms with Gasteiger partial charge in [-0.05, 0) is 25.1 Å². The Morgan fingerprint density at radius 3 is 2.70 bits per heavy atom. The number of hydrogen-bond donors (Lipinski definition) is 0. The Bertz CT molecular complexity index is 721. The lowest BCUT2D eigenvalue weighted by atomic mass is 10.1. The van der Waals surface area contributed by atoms with Crippen molar-refractivity contribution >= 4 is 29.3 Å². The summed E-state index contributed by atoms with van der Waals surface area (Å²) in [4.78, 5) is 36.0. The number of ether oxygens (including phenoxy) is 1. The Morgan fingerprint density at radius 1 is 1.43 bits per heavy atom. The molecule has 122 valence electrons. The fourth-order valence-corrected chi connectivity index (χ4v) is 2.68. The number of alkyl halides is 2. The highest BCUT2D eigenvalue weighted by atomic mass is 19.3. The Labute approximate surface area is 129 Å². The number of rotatable bonds is 3. The molecule has 2 heterocycles. The van der Waals surface area contributed by atoms with Crippen LogP contribution in [0.25, 0.3) is 0 Å². The van der Waals surface area contributed by atoms with Crippen molar-refractivity contribution in [3.63, 3.8) is 0 Å². The maximum Gasteiger partial charge on any atom is 0.415 e. The summed E-state index contributed by atoms with van der Waals surface area (Å²) in [5, 5.41) is 10.8. The molecule has 0 aliphatic carbocycles. The summed E-state index contributed by atoms with van der Waals surface area (Å²) in [7, 11) is 0. The van der Waals surface area contributed by atoms with E-state index < -0.39 is 35.6 Å². The van der Waals surface area contributed by atoms with Crippen LogP contribution < -0.4 is 14.9 Å². The normalized spacial score (nSPS) is 22.3. The van der Waals surface area contributed by atoms with Gasteiger partial charge in [0.15, 0.2) is 6.10 Å². The lowest BCUT2D eigenvalue weighted by molar-refractivity contribution is -0.313. The minimum absolute atomic E-state index is 0.0305. The van der Waals surface area contributed by atoms with Crippen molar-refractivity contribution < 1.29 is 33.0 Å². The second-order valence-corrected chi connectivity index (χ2v) is 5.13. The third-order valence-electron chi connectivity index (χ3n) is 3.83. The van der Waals surface area contributed by atoms with Crippen molar-refractivity contribution in [1.29, 1.82) is 0 Å². The van der Waals surface area contributed by atoms with Crippen LogP contribution in [-0.2, 0) is 20.2 Å². The molecule has 2 aliphatic rings. The standard InChI is InChI=1S/C14H12F2N2O5/c1-2-17-9-4-3-7(5-8(9)14(15,16)12(17)21)18-6-10(11(19)20)23-13(18)22/h3-5,10H,2,6H2,1H3,(H,19,20)/p-1. The number of carboxylic acids is 1. The average Bonchev–Trinajstić information content (AvgIpc) is 2.97. The van der Waals surface area contributed by atoms with Gasteiger partial charge >= 0.3 is 17.9 Å². The van der Waals surface area contributed by atoms with Crippen LogP contribution in [-0.4, -0.2) is 37.2 Å². The van der Waals surface area contributed by atoms with Crippen molar-refractivity contribution in [3.8, 4) is 0 Å². The first-order valence-corrected chi connectivity index (χ1v) is 6.80. The molecule has 0 aromatic heterocycles. The lowest BCUT2D eigenvalue weighted by Crippen LogP contribution is -2.38. The number of anilines is 2. The number of carbonyl (C=O) groups is 3. The summed E-state index contributed by atoms with van der Waals surface area (Å²) >= 11 is 0. The summed E-state index contributed by atoms with van der Waals surface area (Å²) < 4.78 is 32.8. The van der Waals surface area contributed by atoms with Crippen molar-refractivity contribution in [2.45, 2.75) is 19.0 Å². The van der Waals surface area contributed by atoms with E-state index in [1.807, 2.05) is 0 Å². The number of benzene rings is 1. The molecule has 0 N–H and O–H groups in total. The molecule has 9 heteroatoms. The minimum Gasteiger partial charge on any atom is -0.546 e. The largest absolute Gasteiger partial charge is 0.546 e. The fourth-order valence-electron chi connectivity index (χ4n) is 2.68. The first-order chi connectivity index (χ1) is 10.8. The molecule has 2 amide bonds. The number of carbonyl (C=O) groups excluding carboxylic acids is 3. The number of cyclic esters (lactones) is 1. The van der Waals surface area contributed by atoms with Crippen LogP contribution in [0, 0.1) is 0 Å². The second kappa shape index (κ2) is 4.90. The zero-order valence-electron chi connectivity index (χ0n) is 11.9. The van der Waals surface area contributed by atoms with E-state index in [0.717, 1.165) is 15.9 Å². The predicted molar refractivity (Wildman–Crippen MR) is 71.0 cm³/mol. The summed E-state index contributed by atoms with van der Waals surface area (Å²) in [5.41, 5.74) is -0.426. The molecule has 1 atom stereocenters. The van der Waals surface area contributed by atoms with Gasteiger partial charge in [0.25, 0.3) is 0 Å². The number of nitrogens with zero attached hydrogens (tertiary/aromatic N) is 2. The summed E-state index contributed by atoms with van der Waals surface area (Å²) in [6.07, 6.45) is -2.44. The van der Waals surface area contributed by atoms with E-state index in [2.05, 4.69) is 4.74 Å². The number of amides is 2. The monoisotopic (exact) mass is 325 g/mol. The summed E-state index contributed by atoms with van der Waals surface area (Å²) in [5.74, 6) is -6.60. The molecule has 0 saturated carbocycles. The van der Waals surface area contributed by atoms with E-state index in [4.69, 9.17) is 0 Å². The minimum atomic E-state index is -3.70. The summed E-state index contributed by atoms with van der Waals surface area (Å²) in [6, 6.07) is 3.66. The highest BCUT2D eigenvalue weighted by Gasteiger charge is 2.52. The number of hydrogen-bond acceptors (Lipinski definition) is 5. The van der Waals surface area contributed by atoms with Gasteiger partial charge in [-0.2, -0.15) is 8.78 Å². The summed E-state index contributed by atoms with van der Waals surface area (Å²) in [6.45, 7) is 1.30. The zero-order chi connectivity index (χ0) is 16.9. The second-order valence-electron chi connectivity index (χ2n) is 5.13. The van der Waals surface area contributed by atoms with E-state index in [1.165, 1.54) is 12.1 Å². The molecule has 1 aromatic carbocycles. The van der Waals surface area contributed by atoms with Crippen LogP contribution in [0.15, 0.2) is 18.2 Å². The third-order valence-corrected chi connectivity index (χ3v) is 3.83.